The van der Waals surface area contributed by atoms with E-state index in [4.69, 9.17) is 10.00 Å². The summed E-state index contributed by atoms with van der Waals surface area (Å²) in [6.45, 7) is 3.91. The Hall–Kier alpha value is -2.12. The van der Waals surface area contributed by atoms with E-state index < -0.39 is 0 Å². The second-order valence-electron chi connectivity index (χ2n) is 3.91. The first-order valence-corrected chi connectivity index (χ1v) is 6.30. The van der Waals surface area contributed by atoms with Crippen molar-refractivity contribution < 1.29 is 9.53 Å². The third kappa shape index (κ3) is 6.39. The van der Waals surface area contributed by atoms with Gasteiger partial charge in [-0.1, -0.05) is 12.1 Å². The molecule has 0 aliphatic carbocycles. The van der Waals surface area contributed by atoms with Crippen molar-refractivity contribution in [3.8, 4) is 6.07 Å². The van der Waals surface area contributed by atoms with Crippen LogP contribution in [0.5, 0.6) is 0 Å². The van der Waals surface area contributed by atoms with Crippen LogP contribution in [0.2, 0.25) is 0 Å². The van der Waals surface area contributed by atoms with Crippen LogP contribution in [0.15, 0.2) is 30.3 Å². The quantitative estimate of drug-likeness (QED) is 0.602. The van der Waals surface area contributed by atoms with Gasteiger partial charge in [0.1, 0.15) is 0 Å². The summed E-state index contributed by atoms with van der Waals surface area (Å²) in [4.78, 5) is 11.5. The summed E-state index contributed by atoms with van der Waals surface area (Å²) in [6, 6.07) is 9.10. The first kappa shape index (κ1) is 14.9. The lowest BCUT2D eigenvalue weighted by Gasteiger charge is -2.02. The molecule has 0 saturated carbocycles. The lowest BCUT2D eigenvalue weighted by atomic mass is 10.1. The molecular formula is C15H18N2O2. The number of amides is 1. The van der Waals surface area contributed by atoms with Gasteiger partial charge in [-0.25, -0.2) is 0 Å². The number of nitrogens with zero attached hydrogens (tertiary/aromatic N) is 1. The van der Waals surface area contributed by atoms with Crippen molar-refractivity contribution in [1.29, 1.82) is 5.26 Å². The molecule has 100 valence electrons. The molecule has 0 bridgehead atoms. The Labute approximate surface area is 113 Å². The summed E-state index contributed by atoms with van der Waals surface area (Å²) in [5.41, 5.74) is 1.50. The third-order valence-electron chi connectivity index (χ3n) is 2.44. The molecule has 1 aromatic rings. The summed E-state index contributed by atoms with van der Waals surface area (Å²) in [5.74, 6) is -0.124. The topological polar surface area (TPSA) is 62.1 Å². The molecule has 0 radical (unpaired) electrons. The van der Waals surface area contributed by atoms with Crippen molar-refractivity contribution in [1.82, 2.24) is 5.32 Å². The number of rotatable bonds is 7. The highest BCUT2D eigenvalue weighted by Crippen LogP contribution is 2.04. The van der Waals surface area contributed by atoms with Crippen LogP contribution in [-0.2, 0) is 9.53 Å². The number of hydrogen-bond acceptors (Lipinski definition) is 3. The Morgan fingerprint density at radius 1 is 1.42 bits per heavy atom. The lowest BCUT2D eigenvalue weighted by Crippen LogP contribution is -2.23. The maximum absolute atomic E-state index is 11.5. The number of nitrogens with one attached hydrogen (secondary N) is 1. The zero-order valence-electron chi connectivity index (χ0n) is 11.1. The van der Waals surface area contributed by atoms with E-state index in [1.807, 2.05) is 13.0 Å². The van der Waals surface area contributed by atoms with Crippen LogP contribution in [-0.4, -0.2) is 25.7 Å². The van der Waals surface area contributed by atoms with Gasteiger partial charge in [-0.15, -0.1) is 0 Å². The first-order valence-electron chi connectivity index (χ1n) is 6.30. The van der Waals surface area contributed by atoms with Gasteiger partial charge in [0, 0.05) is 25.8 Å². The molecular weight excluding hydrogens is 240 g/mol. The molecule has 4 nitrogen and oxygen atoms in total. The molecule has 0 atom stereocenters. The van der Waals surface area contributed by atoms with Crippen LogP contribution >= 0.6 is 0 Å². The molecule has 1 rings (SSSR count). The van der Waals surface area contributed by atoms with Gasteiger partial charge in [0.15, 0.2) is 0 Å². The smallest absolute Gasteiger partial charge is 0.244 e. The second kappa shape index (κ2) is 8.90. The monoisotopic (exact) mass is 258 g/mol. The minimum absolute atomic E-state index is 0.124. The van der Waals surface area contributed by atoms with Gasteiger partial charge < -0.3 is 10.1 Å². The highest BCUT2D eigenvalue weighted by atomic mass is 16.5. The Bertz CT molecular complexity index is 458. The molecule has 0 fully saturated rings. The molecule has 0 spiro atoms. The predicted octanol–water partition coefficient (Wildman–Crippen LogP) is 2.11. The molecule has 0 aromatic heterocycles. The van der Waals surface area contributed by atoms with E-state index in [9.17, 15) is 4.79 Å². The third-order valence-corrected chi connectivity index (χ3v) is 2.44. The molecule has 0 heterocycles. The molecule has 4 heteroatoms. The zero-order valence-corrected chi connectivity index (χ0v) is 11.1. The maximum atomic E-state index is 11.5. The van der Waals surface area contributed by atoms with Gasteiger partial charge in [0.2, 0.25) is 5.91 Å². The van der Waals surface area contributed by atoms with E-state index in [0.29, 0.717) is 25.3 Å². The molecule has 1 aromatic carbocycles. The van der Waals surface area contributed by atoms with Crippen LogP contribution in [0.1, 0.15) is 24.5 Å². The Balaban J connectivity index is 2.30. The maximum Gasteiger partial charge on any atom is 0.244 e. The van der Waals surface area contributed by atoms with E-state index in [1.165, 1.54) is 6.08 Å². The first-order chi connectivity index (χ1) is 9.26. The van der Waals surface area contributed by atoms with Crippen molar-refractivity contribution in [3.05, 3.63) is 41.5 Å². The van der Waals surface area contributed by atoms with E-state index >= 15 is 0 Å². The van der Waals surface area contributed by atoms with Crippen LogP contribution in [0, 0.1) is 11.3 Å². The van der Waals surface area contributed by atoms with E-state index in [2.05, 4.69) is 5.32 Å². The van der Waals surface area contributed by atoms with E-state index in [-0.39, 0.29) is 5.91 Å². The average molecular weight is 258 g/mol. The number of benzene rings is 1. The van der Waals surface area contributed by atoms with Crippen molar-refractivity contribution in [2.45, 2.75) is 13.3 Å². The molecule has 1 amide bonds. The fraction of sp³-hybridized carbons (Fsp3) is 0.333. The standard InChI is InChI=1S/C15H18N2O2/c1-2-19-11-3-10-17-15(18)9-8-13-4-6-14(12-16)7-5-13/h4-9H,2-3,10-11H2,1H3,(H,17,18)/b9-8+. The average Bonchev–Trinajstić information content (AvgIpc) is 2.45. The minimum atomic E-state index is -0.124. The summed E-state index contributed by atoms with van der Waals surface area (Å²) in [5, 5.41) is 11.4. The summed E-state index contributed by atoms with van der Waals surface area (Å²) >= 11 is 0. The van der Waals surface area contributed by atoms with Crippen LogP contribution in [0.3, 0.4) is 0 Å². The van der Waals surface area contributed by atoms with Gasteiger partial charge in [0.05, 0.1) is 11.6 Å². The lowest BCUT2D eigenvalue weighted by molar-refractivity contribution is -0.116. The number of carbonyl (C=O) groups excluding carboxylic acids is 1. The van der Waals surface area contributed by atoms with Crippen molar-refractivity contribution in [3.63, 3.8) is 0 Å². The van der Waals surface area contributed by atoms with E-state index in [1.54, 1.807) is 30.3 Å². The van der Waals surface area contributed by atoms with Gasteiger partial charge in [-0.3, -0.25) is 4.79 Å². The number of hydrogen-bond donors (Lipinski definition) is 1. The van der Waals surface area contributed by atoms with Crippen LogP contribution in [0.25, 0.3) is 6.08 Å². The Morgan fingerprint density at radius 2 is 2.16 bits per heavy atom. The summed E-state index contributed by atoms with van der Waals surface area (Å²) < 4.78 is 5.17. The highest BCUT2D eigenvalue weighted by Gasteiger charge is 1.95. The number of carbonyl (C=O) groups is 1. The highest BCUT2D eigenvalue weighted by molar-refractivity contribution is 5.91. The normalized spacial score (nSPS) is 10.3. The fourth-order valence-corrected chi connectivity index (χ4v) is 1.43. The van der Waals surface area contributed by atoms with Crippen molar-refractivity contribution in [2.75, 3.05) is 19.8 Å². The Morgan fingerprint density at radius 3 is 2.79 bits per heavy atom. The minimum Gasteiger partial charge on any atom is -0.382 e. The molecule has 19 heavy (non-hydrogen) atoms. The van der Waals surface area contributed by atoms with Crippen molar-refractivity contribution >= 4 is 12.0 Å². The Kier molecular flexibility index (Phi) is 7.00. The second-order valence-corrected chi connectivity index (χ2v) is 3.91. The number of ether oxygens (including phenoxy) is 1. The fourth-order valence-electron chi connectivity index (χ4n) is 1.43. The van der Waals surface area contributed by atoms with E-state index in [0.717, 1.165) is 12.0 Å². The molecule has 0 aliphatic rings. The largest absolute Gasteiger partial charge is 0.382 e. The van der Waals surface area contributed by atoms with Crippen LogP contribution < -0.4 is 5.32 Å². The SMILES string of the molecule is CCOCCCNC(=O)/C=C/c1ccc(C#N)cc1. The zero-order chi connectivity index (χ0) is 13.9. The molecule has 0 unspecified atom stereocenters. The summed E-state index contributed by atoms with van der Waals surface area (Å²) in [7, 11) is 0. The van der Waals surface area contributed by atoms with Crippen molar-refractivity contribution in [2.24, 2.45) is 0 Å². The molecule has 1 N–H and O–H groups in total. The molecule has 0 saturated heterocycles. The van der Waals surface area contributed by atoms with Crippen LogP contribution in [0.4, 0.5) is 0 Å². The van der Waals surface area contributed by atoms with Gasteiger partial charge in [-0.2, -0.15) is 5.26 Å². The van der Waals surface area contributed by atoms with Gasteiger partial charge in [0.25, 0.3) is 0 Å². The predicted molar refractivity (Wildman–Crippen MR) is 74.3 cm³/mol. The van der Waals surface area contributed by atoms with Gasteiger partial charge >= 0.3 is 0 Å². The number of nitriles is 1. The summed E-state index contributed by atoms with van der Waals surface area (Å²) in [6.07, 6.45) is 4.02. The molecule has 0 aliphatic heterocycles. The van der Waals surface area contributed by atoms with Gasteiger partial charge in [-0.05, 0) is 37.1 Å².